The van der Waals surface area contributed by atoms with Crippen molar-refractivity contribution in [3.8, 4) is 45.3 Å². The number of hydrogen-bond donors (Lipinski definition) is 1. The van der Waals surface area contributed by atoms with E-state index in [1.54, 1.807) is 11.3 Å². The van der Waals surface area contributed by atoms with Gasteiger partial charge in [0.15, 0.2) is 0 Å². The number of furan rings is 1. The van der Waals surface area contributed by atoms with E-state index in [1.807, 2.05) is 36.4 Å². The van der Waals surface area contributed by atoms with Gasteiger partial charge in [-0.3, -0.25) is 4.57 Å². The van der Waals surface area contributed by atoms with Crippen LogP contribution in [0.4, 0.5) is 0 Å². The van der Waals surface area contributed by atoms with E-state index in [-0.39, 0.29) is 11.2 Å². The molecule has 5 aromatic carbocycles. The quantitative estimate of drug-likeness (QED) is 0.183. The zero-order valence-electron chi connectivity index (χ0n) is 29.0. The monoisotopic (exact) mass is 687 g/mol. The van der Waals surface area contributed by atoms with E-state index in [9.17, 15) is 5.11 Å². The highest BCUT2D eigenvalue weighted by Gasteiger charge is 2.28. The van der Waals surface area contributed by atoms with E-state index in [0.29, 0.717) is 11.4 Å². The van der Waals surface area contributed by atoms with Crippen LogP contribution < -0.4 is 5.19 Å². The lowest BCUT2D eigenvalue weighted by atomic mass is 9.83. The molecule has 1 N–H and O–H groups in total. The molecule has 0 aliphatic carbocycles. The van der Waals surface area contributed by atoms with Gasteiger partial charge in [0.25, 0.3) is 0 Å². The molecule has 0 bridgehead atoms. The average Bonchev–Trinajstić information content (AvgIpc) is 3.81. The highest BCUT2D eigenvalue weighted by atomic mass is 32.1. The van der Waals surface area contributed by atoms with Crippen molar-refractivity contribution in [2.24, 2.45) is 0 Å². The first-order chi connectivity index (χ1) is 24.0. The van der Waals surface area contributed by atoms with Gasteiger partial charge in [-0.25, -0.2) is 9.97 Å². The number of fused-ring (bicyclic) bond motifs is 1. The third-order valence-electron chi connectivity index (χ3n) is 9.83. The van der Waals surface area contributed by atoms with E-state index in [4.69, 9.17) is 14.4 Å². The number of benzene rings is 5. The van der Waals surface area contributed by atoms with Crippen LogP contribution in [0.15, 0.2) is 114 Å². The van der Waals surface area contributed by atoms with Gasteiger partial charge in [-0.1, -0.05) is 112 Å². The molecular formula is C43H37N3O2SSi. The van der Waals surface area contributed by atoms with Gasteiger partial charge in [-0.15, -0.1) is 11.3 Å². The molecule has 0 atom stereocenters. The number of nitrogens with zero attached hydrogens (tertiary/aromatic N) is 3. The molecule has 5 nitrogen and oxygen atoms in total. The van der Waals surface area contributed by atoms with Gasteiger partial charge in [-0.05, 0) is 53.4 Å². The van der Waals surface area contributed by atoms with E-state index < -0.39 is 8.07 Å². The lowest BCUT2D eigenvalue weighted by Crippen LogP contribution is -2.37. The minimum absolute atomic E-state index is 0.167. The molecule has 4 aromatic heterocycles. The van der Waals surface area contributed by atoms with Crippen LogP contribution in [0.25, 0.3) is 82.0 Å². The second-order valence-electron chi connectivity index (χ2n) is 15.3. The third kappa shape index (κ3) is 4.71. The van der Waals surface area contributed by atoms with Crippen molar-refractivity contribution < 1.29 is 9.52 Å². The average molecular weight is 688 g/mol. The second-order valence-corrected chi connectivity index (χ2v) is 21.4. The number of phenols is 1. The normalized spacial score (nSPS) is 12.7. The van der Waals surface area contributed by atoms with Gasteiger partial charge in [0.2, 0.25) is 0 Å². The fourth-order valence-corrected chi connectivity index (χ4v) is 9.60. The second kappa shape index (κ2) is 10.9. The molecular weight excluding hydrogens is 651 g/mol. The summed E-state index contributed by atoms with van der Waals surface area (Å²) in [7, 11) is -1.43. The Bertz CT molecular complexity index is 2720. The van der Waals surface area contributed by atoms with Crippen molar-refractivity contribution in [1.29, 1.82) is 0 Å². The topological polar surface area (TPSA) is 64.1 Å². The summed E-state index contributed by atoms with van der Waals surface area (Å²) in [6.07, 6.45) is 0. The Morgan fingerprint density at radius 1 is 0.740 bits per heavy atom. The van der Waals surface area contributed by atoms with Gasteiger partial charge >= 0.3 is 0 Å². The minimum Gasteiger partial charge on any atom is -0.506 e. The van der Waals surface area contributed by atoms with Crippen molar-refractivity contribution in [2.75, 3.05) is 0 Å². The Hall–Kier alpha value is -5.24. The number of aromatic hydroxyl groups is 1. The Kier molecular flexibility index (Phi) is 6.70. The van der Waals surface area contributed by atoms with Crippen LogP contribution in [0.3, 0.4) is 0 Å². The van der Waals surface area contributed by atoms with Gasteiger partial charge in [0.1, 0.15) is 22.7 Å². The van der Waals surface area contributed by atoms with E-state index in [1.165, 1.54) is 5.19 Å². The molecule has 0 aliphatic rings. The molecule has 50 heavy (non-hydrogen) atoms. The Balaban J connectivity index is 1.31. The van der Waals surface area contributed by atoms with Crippen LogP contribution in [0.1, 0.15) is 26.3 Å². The Labute approximate surface area is 295 Å². The fourth-order valence-electron chi connectivity index (χ4n) is 7.25. The summed E-state index contributed by atoms with van der Waals surface area (Å²) < 4.78 is 10.4. The number of phenolic OH excluding ortho intramolecular Hbond substituents is 1. The molecule has 9 rings (SSSR count). The molecule has 0 radical (unpaired) electrons. The van der Waals surface area contributed by atoms with Gasteiger partial charge in [0.05, 0.1) is 46.1 Å². The van der Waals surface area contributed by atoms with E-state index in [2.05, 4.69) is 118 Å². The summed E-state index contributed by atoms with van der Waals surface area (Å²) in [6.45, 7) is 13.8. The maximum absolute atomic E-state index is 12.0. The van der Waals surface area contributed by atoms with E-state index in [0.717, 1.165) is 76.1 Å². The lowest BCUT2D eigenvalue weighted by Gasteiger charge is -2.23. The van der Waals surface area contributed by atoms with Crippen LogP contribution >= 0.6 is 11.3 Å². The largest absolute Gasteiger partial charge is 0.506 e. The smallest absolute Gasteiger partial charge is 0.149 e. The molecule has 0 saturated heterocycles. The number of imidazole rings is 1. The van der Waals surface area contributed by atoms with Crippen molar-refractivity contribution >= 4 is 67.0 Å². The molecule has 9 aromatic rings. The van der Waals surface area contributed by atoms with Gasteiger partial charge in [0, 0.05) is 26.9 Å². The minimum atomic E-state index is -1.43. The molecule has 0 fully saturated rings. The predicted molar refractivity (Wildman–Crippen MR) is 212 cm³/mol. The SMILES string of the molecule is CC(C)(C)c1ccc(-c2ccc([Si](C)(C)C)cc2)nc1-c1cccc2c1nc(-c1cc3oc4cccc5sc(c1O)c3c45)n2-c1ccccc1. The van der Waals surface area contributed by atoms with Crippen molar-refractivity contribution in [3.63, 3.8) is 0 Å². The van der Waals surface area contributed by atoms with Gasteiger partial charge < -0.3 is 9.52 Å². The van der Waals surface area contributed by atoms with E-state index >= 15 is 0 Å². The third-order valence-corrected chi connectivity index (χ3v) is 13.1. The first-order valence-corrected chi connectivity index (χ1v) is 21.4. The van der Waals surface area contributed by atoms with Crippen LogP contribution in [0, 0.1) is 0 Å². The van der Waals surface area contributed by atoms with Crippen LogP contribution in [-0.2, 0) is 5.41 Å². The standard InChI is InChI=1S/C43H37N3O2SSi/c1-43(2,3)30-22-23-31(25-18-20-27(21-19-25)50(4,5)6)44-38(30)28-14-10-15-32-39(28)45-42(46(32)26-12-8-7-9-13-26)29-24-34-37-36-33(48-34)16-11-17-35(36)49-41(37)40(29)47/h7-24,47H,1-6H3. The maximum atomic E-state index is 12.0. The number of pyridine rings is 1. The zero-order chi connectivity index (χ0) is 34.5. The van der Waals surface area contributed by atoms with Crippen LogP contribution in [0.5, 0.6) is 5.75 Å². The number of rotatable bonds is 5. The summed E-state index contributed by atoms with van der Waals surface area (Å²) in [5, 5.41) is 15.5. The molecule has 0 aliphatic heterocycles. The number of thiophene rings is 1. The van der Waals surface area contributed by atoms with Crippen molar-refractivity contribution in [2.45, 2.75) is 45.8 Å². The molecule has 4 heterocycles. The molecule has 0 saturated carbocycles. The van der Waals surface area contributed by atoms with Crippen molar-refractivity contribution in [1.82, 2.24) is 14.5 Å². The van der Waals surface area contributed by atoms with Crippen molar-refractivity contribution in [3.05, 3.63) is 115 Å². The predicted octanol–water partition coefficient (Wildman–Crippen LogP) is 11.5. The summed E-state index contributed by atoms with van der Waals surface area (Å²) in [4.78, 5) is 10.8. The zero-order valence-corrected chi connectivity index (χ0v) is 30.8. The Morgan fingerprint density at radius 2 is 1.50 bits per heavy atom. The number of hydrogen-bond acceptors (Lipinski definition) is 5. The lowest BCUT2D eigenvalue weighted by molar-refractivity contribution is 0.484. The number of para-hydroxylation sites is 2. The highest BCUT2D eigenvalue weighted by molar-refractivity contribution is 7.26. The Morgan fingerprint density at radius 3 is 2.24 bits per heavy atom. The summed E-state index contributed by atoms with van der Waals surface area (Å²) in [6, 6.07) is 37.9. The molecule has 246 valence electrons. The molecule has 0 amide bonds. The first-order valence-electron chi connectivity index (χ1n) is 17.1. The maximum Gasteiger partial charge on any atom is 0.149 e. The number of aromatic nitrogens is 3. The fraction of sp³-hybridized carbons (Fsp3) is 0.163. The summed E-state index contributed by atoms with van der Waals surface area (Å²) in [5.74, 6) is 0.863. The first kappa shape index (κ1) is 30.8. The highest BCUT2D eigenvalue weighted by Crippen LogP contribution is 2.50. The molecule has 0 spiro atoms. The summed E-state index contributed by atoms with van der Waals surface area (Å²) in [5.41, 5.74) is 9.79. The van der Waals surface area contributed by atoms with Crippen LogP contribution in [0.2, 0.25) is 19.6 Å². The molecule has 7 heteroatoms. The van der Waals surface area contributed by atoms with Crippen LogP contribution in [-0.4, -0.2) is 27.7 Å². The summed E-state index contributed by atoms with van der Waals surface area (Å²) >= 11 is 1.59. The van der Waals surface area contributed by atoms with Gasteiger partial charge in [-0.2, -0.15) is 0 Å². The molecule has 0 unspecified atom stereocenters.